The molecule has 1 saturated carbocycles. The molecule has 108 valence electrons. The molecule has 0 amide bonds. The van der Waals surface area contributed by atoms with E-state index in [1.165, 1.54) is 31.2 Å². The van der Waals surface area contributed by atoms with Gasteiger partial charge in [-0.25, -0.2) is 4.98 Å². The second-order valence-electron chi connectivity index (χ2n) is 5.87. The van der Waals surface area contributed by atoms with E-state index in [9.17, 15) is 0 Å². The highest BCUT2D eigenvalue weighted by atomic mass is 15.3. The van der Waals surface area contributed by atoms with Crippen molar-refractivity contribution in [3.05, 3.63) is 24.0 Å². The molecule has 2 heterocycles. The summed E-state index contributed by atoms with van der Waals surface area (Å²) in [5.74, 6) is 2.36. The van der Waals surface area contributed by atoms with Crippen molar-refractivity contribution in [2.75, 3.05) is 18.4 Å². The maximum Gasteiger partial charge on any atom is 0.157 e. The molecule has 0 aliphatic heterocycles. The Labute approximate surface area is 119 Å². The average Bonchev–Trinajstić information content (AvgIpc) is 2.93. The predicted octanol–water partition coefficient (Wildman–Crippen LogP) is 2.21. The van der Waals surface area contributed by atoms with E-state index < -0.39 is 0 Å². The van der Waals surface area contributed by atoms with Gasteiger partial charge in [0.25, 0.3) is 0 Å². The van der Waals surface area contributed by atoms with Gasteiger partial charge in [-0.2, -0.15) is 9.61 Å². The molecular weight excluding hydrogens is 250 g/mol. The predicted molar refractivity (Wildman–Crippen MR) is 80.7 cm³/mol. The number of nitrogens with two attached hydrogens (primary N) is 1. The van der Waals surface area contributed by atoms with Crippen LogP contribution in [0.1, 0.15) is 31.2 Å². The summed E-state index contributed by atoms with van der Waals surface area (Å²) in [5, 5.41) is 7.83. The summed E-state index contributed by atoms with van der Waals surface area (Å²) >= 11 is 0. The van der Waals surface area contributed by atoms with Crippen LogP contribution in [-0.4, -0.2) is 27.7 Å². The topological polar surface area (TPSA) is 68.2 Å². The maximum absolute atomic E-state index is 5.91. The number of pyridine rings is 1. The second kappa shape index (κ2) is 5.79. The molecule has 1 aliphatic rings. The minimum atomic E-state index is 0.660. The molecule has 5 nitrogen and oxygen atoms in total. The lowest BCUT2D eigenvalue weighted by Gasteiger charge is -2.31. The van der Waals surface area contributed by atoms with Gasteiger partial charge in [-0.1, -0.05) is 12.8 Å². The summed E-state index contributed by atoms with van der Waals surface area (Å²) in [6.07, 6.45) is 6.81. The molecule has 1 fully saturated rings. The fraction of sp³-hybridized carbons (Fsp3) is 0.600. The van der Waals surface area contributed by atoms with E-state index in [1.807, 2.05) is 10.6 Å². The minimum absolute atomic E-state index is 0.660. The lowest BCUT2D eigenvalue weighted by molar-refractivity contribution is 0.255. The lowest BCUT2D eigenvalue weighted by Crippen LogP contribution is -2.31. The molecule has 3 N–H and O–H groups in total. The normalized spacial score (nSPS) is 23.1. The van der Waals surface area contributed by atoms with Crippen LogP contribution in [0, 0.1) is 18.8 Å². The molecule has 0 bridgehead atoms. The molecule has 2 unspecified atom stereocenters. The van der Waals surface area contributed by atoms with Crippen LogP contribution in [0.15, 0.2) is 18.5 Å². The van der Waals surface area contributed by atoms with Crippen LogP contribution in [0.4, 0.5) is 5.82 Å². The third-order valence-electron chi connectivity index (χ3n) is 4.44. The molecule has 3 rings (SSSR count). The van der Waals surface area contributed by atoms with Crippen LogP contribution < -0.4 is 11.1 Å². The molecule has 2 aromatic heterocycles. The fourth-order valence-electron chi connectivity index (χ4n) is 3.28. The number of aromatic nitrogens is 3. The Morgan fingerprint density at radius 1 is 1.30 bits per heavy atom. The largest absolute Gasteiger partial charge is 0.370 e. The smallest absolute Gasteiger partial charge is 0.157 e. The highest BCUT2D eigenvalue weighted by Gasteiger charge is 2.23. The Kier molecular flexibility index (Phi) is 3.87. The number of hydrogen-bond acceptors (Lipinski definition) is 4. The van der Waals surface area contributed by atoms with Crippen LogP contribution in [0.3, 0.4) is 0 Å². The maximum atomic E-state index is 5.91. The summed E-state index contributed by atoms with van der Waals surface area (Å²) in [4.78, 5) is 4.26. The quantitative estimate of drug-likeness (QED) is 0.896. The van der Waals surface area contributed by atoms with Crippen LogP contribution in [-0.2, 0) is 0 Å². The zero-order valence-corrected chi connectivity index (χ0v) is 12.0. The molecule has 1 aliphatic carbocycles. The number of nitrogens with zero attached hydrogens (tertiary/aromatic N) is 3. The van der Waals surface area contributed by atoms with Crippen LogP contribution >= 0.6 is 0 Å². The number of nitrogens with one attached hydrogen (secondary N) is 1. The first-order chi connectivity index (χ1) is 9.78. The average molecular weight is 273 g/mol. The van der Waals surface area contributed by atoms with E-state index in [2.05, 4.69) is 28.4 Å². The van der Waals surface area contributed by atoms with Crippen LogP contribution in [0.2, 0.25) is 0 Å². The molecular formula is C15H23N5. The minimum Gasteiger partial charge on any atom is -0.370 e. The van der Waals surface area contributed by atoms with Crippen molar-refractivity contribution < 1.29 is 0 Å². The Balaban J connectivity index is 1.74. The van der Waals surface area contributed by atoms with Gasteiger partial charge in [0.05, 0.1) is 0 Å². The van der Waals surface area contributed by atoms with Gasteiger partial charge >= 0.3 is 0 Å². The lowest BCUT2D eigenvalue weighted by atomic mass is 9.79. The molecule has 0 aromatic carbocycles. The van der Waals surface area contributed by atoms with Gasteiger partial charge in [-0.15, -0.1) is 0 Å². The second-order valence-corrected chi connectivity index (χ2v) is 5.87. The fourth-order valence-corrected chi connectivity index (χ4v) is 3.28. The van der Waals surface area contributed by atoms with Gasteiger partial charge in [-0.3, -0.25) is 0 Å². The van der Waals surface area contributed by atoms with Crippen molar-refractivity contribution in [1.29, 1.82) is 0 Å². The summed E-state index contributed by atoms with van der Waals surface area (Å²) in [6.45, 7) is 3.86. The molecule has 0 radical (unpaired) electrons. The monoisotopic (exact) mass is 273 g/mol. The van der Waals surface area contributed by atoms with E-state index in [1.54, 1.807) is 6.33 Å². The van der Waals surface area contributed by atoms with E-state index in [4.69, 9.17) is 5.73 Å². The first kappa shape index (κ1) is 13.4. The molecule has 2 atom stereocenters. The Bertz CT molecular complexity index is 577. The van der Waals surface area contributed by atoms with Crippen LogP contribution in [0.25, 0.3) is 5.65 Å². The first-order valence-electron chi connectivity index (χ1n) is 7.52. The standard InChI is InChI=1S/C15H23N5/c1-11-6-14(20-15(7-11)18-10-19-20)17-9-13-5-3-2-4-12(13)8-16/h6-7,10,12-13,17H,2-5,8-9,16H2,1H3. The summed E-state index contributed by atoms with van der Waals surface area (Å²) in [7, 11) is 0. The SMILES string of the molecule is Cc1cc(NCC2CCCCC2CN)n2ncnc2c1. The highest BCUT2D eigenvalue weighted by molar-refractivity contribution is 5.51. The van der Waals surface area contributed by atoms with Gasteiger partial charge in [0.1, 0.15) is 12.1 Å². The number of rotatable bonds is 4. The Morgan fingerprint density at radius 2 is 2.10 bits per heavy atom. The van der Waals surface area contributed by atoms with Gasteiger partial charge in [0.2, 0.25) is 0 Å². The number of aryl methyl sites for hydroxylation is 1. The van der Waals surface area contributed by atoms with Gasteiger partial charge < -0.3 is 11.1 Å². The van der Waals surface area contributed by atoms with E-state index in [-0.39, 0.29) is 0 Å². The van der Waals surface area contributed by atoms with Gasteiger partial charge in [-0.05, 0) is 55.8 Å². The molecule has 0 saturated heterocycles. The summed E-state index contributed by atoms with van der Waals surface area (Å²) in [6, 6.07) is 4.17. The van der Waals surface area contributed by atoms with Crippen molar-refractivity contribution in [2.45, 2.75) is 32.6 Å². The summed E-state index contributed by atoms with van der Waals surface area (Å²) in [5.41, 5.74) is 8.00. The summed E-state index contributed by atoms with van der Waals surface area (Å²) < 4.78 is 1.87. The Morgan fingerprint density at radius 3 is 2.90 bits per heavy atom. The molecule has 20 heavy (non-hydrogen) atoms. The number of anilines is 1. The molecule has 5 heteroatoms. The van der Waals surface area contributed by atoms with Gasteiger partial charge in [0.15, 0.2) is 5.65 Å². The van der Waals surface area contributed by atoms with Crippen molar-refractivity contribution in [1.82, 2.24) is 14.6 Å². The van der Waals surface area contributed by atoms with Gasteiger partial charge in [0, 0.05) is 6.54 Å². The number of fused-ring (bicyclic) bond motifs is 1. The number of hydrogen-bond donors (Lipinski definition) is 2. The zero-order valence-electron chi connectivity index (χ0n) is 12.0. The van der Waals surface area contributed by atoms with Crippen molar-refractivity contribution in [3.8, 4) is 0 Å². The third-order valence-corrected chi connectivity index (χ3v) is 4.44. The highest BCUT2D eigenvalue weighted by Crippen LogP contribution is 2.29. The third kappa shape index (κ3) is 2.63. The first-order valence-corrected chi connectivity index (χ1v) is 7.52. The van der Waals surface area contributed by atoms with Crippen LogP contribution in [0.5, 0.6) is 0 Å². The van der Waals surface area contributed by atoms with E-state index >= 15 is 0 Å². The Hall–Kier alpha value is -1.62. The van der Waals surface area contributed by atoms with Crippen molar-refractivity contribution >= 4 is 11.5 Å². The van der Waals surface area contributed by atoms with Crippen molar-refractivity contribution in [3.63, 3.8) is 0 Å². The van der Waals surface area contributed by atoms with E-state index in [0.717, 1.165) is 24.6 Å². The molecule has 2 aromatic rings. The molecule has 0 spiro atoms. The zero-order chi connectivity index (χ0) is 13.9. The van der Waals surface area contributed by atoms with Crippen molar-refractivity contribution in [2.24, 2.45) is 17.6 Å². The van der Waals surface area contributed by atoms with E-state index in [0.29, 0.717) is 11.8 Å².